The number of hydrogen-bond donors (Lipinski definition) is 1. The second-order valence-electron chi connectivity index (χ2n) is 5.29. The summed E-state index contributed by atoms with van der Waals surface area (Å²) in [4.78, 5) is 32.8. The molecular weight excluding hydrogens is 340 g/mol. The van der Waals surface area contributed by atoms with E-state index in [-0.39, 0.29) is 24.7 Å². The van der Waals surface area contributed by atoms with Crippen LogP contribution in [0.4, 0.5) is 5.69 Å². The number of nitrogens with one attached hydrogen (secondary N) is 1. The van der Waals surface area contributed by atoms with Crippen molar-refractivity contribution >= 4 is 17.6 Å². The van der Waals surface area contributed by atoms with Crippen molar-refractivity contribution in [3.63, 3.8) is 0 Å². The fraction of sp³-hybridized carbons (Fsp3) is 0.222. The number of hydrogen-bond acceptors (Lipinski definition) is 6. The number of esters is 1. The first-order valence-corrected chi connectivity index (χ1v) is 7.91. The van der Waals surface area contributed by atoms with Crippen LogP contribution in [0, 0.1) is 10.1 Å². The van der Waals surface area contributed by atoms with Gasteiger partial charge in [-0.2, -0.15) is 0 Å². The Labute approximate surface area is 149 Å². The van der Waals surface area contributed by atoms with Gasteiger partial charge in [0.25, 0.3) is 5.69 Å². The maximum Gasteiger partial charge on any atom is 0.325 e. The summed E-state index contributed by atoms with van der Waals surface area (Å²) in [5.74, 6) is 0.202. The van der Waals surface area contributed by atoms with Crippen molar-refractivity contribution in [2.75, 3.05) is 6.54 Å². The summed E-state index contributed by atoms with van der Waals surface area (Å²) in [6, 6.07) is 12.6. The summed E-state index contributed by atoms with van der Waals surface area (Å²) >= 11 is 0. The number of nitro benzene ring substituents is 1. The topological polar surface area (TPSA) is 108 Å². The number of ether oxygens (including phenoxy) is 2. The molecule has 1 N–H and O–H groups in total. The molecule has 0 fully saturated rings. The van der Waals surface area contributed by atoms with Gasteiger partial charge >= 0.3 is 5.97 Å². The summed E-state index contributed by atoms with van der Waals surface area (Å²) in [7, 11) is 0. The number of carbonyl (C=O) groups excluding carboxylic acids is 2. The van der Waals surface area contributed by atoms with E-state index in [4.69, 9.17) is 9.47 Å². The van der Waals surface area contributed by atoms with Gasteiger partial charge in [-0.15, -0.1) is 0 Å². The van der Waals surface area contributed by atoms with Crippen molar-refractivity contribution < 1.29 is 24.0 Å². The minimum absolute atomic E-state index is 0.0202. The number of non-ortho nitro benzene ring substituents is 1. The van der Waals surface area contributed by atoms with Crippen molar-refractivity contribution in [1.29, 1.82) is 0 Å². The smallest absolute Gasteiger partial charge is 0.325 e. The van der Waals surface area contributed by atoms with Gasteiger partial charge in [0, 0.05) is 18.6 Å². The Bertz CT molecular complexity index is 789. The number of benzene rings is 2. The number of rotatable bonds is 8. The van der Waals surface area contributed by atoms with Crippen molar-refractivity contribution in [3.8, 4) is 11.5 Å². The zero-order valence-corrected chi connectivity index (χ0v) is 14.1. The second-order valence-corrected chi connectivity index (χ2v) is 5.29. The fourth-order valence-electron chi connectivity index (χ4n) is 1.98. The Morgan fingerprint density at radius 2 is 1.85 bits per heavy atom. The van der Waals surface area contributed by atoms with Crippen LogP contribution in [-0.2, 0) is 20.9 Å². The largest absolute Gasteiger partial charge is 0.460 e. The molecule has 8 nitrogen and oxygen atoms in total. The van der Waals surface area contributed by atoms with Crippen LogP contribution in [0.15, 0.2) is 48.5 Å². The molecule has 8 heteroatoms. The van der Waals surface area contributed by atoms with Crippen LogP contribution >= 0.6 is 0 Å². The Hall–Kier alpha value is -3.42. The summed E-state index contributed by atoms with van der Waals surface area (Å²) in [6.07, 6.45) is 0.301. The van der Waals surface area contributed by atoms with Crippen LogP contribution in [0.25, 0.3) is 0 Å². The predicted octanol–water partition coefficient (Wildman–Crippen LogP) is 2.96. The lowest BCUT2D eigenvalue weighted by Gasteiger charge is -2.09. The van der Waals surface area contributed by atoms with Gasteiger partial charge in [-0.3, -0.25) is 19.7 Å². The van der Waals surface area contributed by atoms with E-state index in [1.54, 1.807) is 31.2 Å². The average Bonchev–Trinajstić information content (AvgIpc) is 2.65. The molecule has 0 bridgehead atoms. The molecule has 2 aromatic rings. The van der Waals surface area contributed by atoms with Crippen LogP contribution in [0.1, 0.15) is 18.9 Å². The van der Waals surface area contributed by atoms with Crippen LogP contribution in [0.2, 0.25) is 0 Å². The summed E-state index contributed by atoms with van der Waals surface area (Å²) in [6.45, 7) is 1.56. The molecule has 0 aromatic heterocycles. The third kappa shape index (κ3) is 5.90. The third-order valence-corrected chi connectivity index (χ3v) is 3.33. The molecule has 0 radical (unpaired) electrons. The van der Waals surface area contributed by atoms with Gasteiger partial charge in [-0.05, 0) is 29.8 Å². The quantitative estimate of drug-likeness (QED) is 0.441. The number of amides is 1. The minimum atomic E-state index is -0.534. The predicted molar refractivity (Wildman–Crippen MR) is 92.7 cm³/mol. The highest BCUT2D eigenvalue weighted by molar-refractivity contribution is 5.81. The number of carbonyl (C=O) groups is 2. The molecule has 0 atom stereocenters. The highest BCUT2D eigenvalue weighted by Crippen LogP contribution is 2.24. The molecule has 2 rings (SSSR count). The van der Waals surface area contributed by atoms with Crippen LogP contribution in [0.3, 0.4) is 0 Å². The maximum absolute atomic E-state index is 11.6. The first-order chi connectivity index (χ1) is 12.5. The molecule has 0 aliphatic heterocycles. The van der Waals surface area contributed by atoms with E-state index in [0.29, 0.717) is 23.5 Å². The van der Waals surface area contributed by atoms with Crippen molar-refractivity contribution in [2.45, 2.75) is 20.0 Å². The van der Waals surface area contributed by atoms with E-state index in [1.807, 2.05) is 0 Å². The van der Waals surface area contributed by atoms with E-state index >= 15 is 0 Å². The molecule has 0 saturated carbocycles. The molecule has 0 spiro atoms. The van der Waals surface area contributed by atoms with Crippen molar-refractivity contribution in [3.05, 3.63) is 64.2 Å². The lowest BCUT2D eigenvalue weighted by molar-refractivity contribution is -0.384. The molecule has 0 aliphatic rings. The SMILES string of the molecule is CCC(=O)NCC(=O)OCc1cccc(Oc2ccc([N+](=O)[O-])cc2)c1. The zero-order chi connectivity index (χ0) is 18.9. The molecule has 0 heterocycles. The van der Waals surface area contributed by atoms with E-state index in [2.05, 4.69) is 5.32 Å². The van der Waals surface area contributed by atoms with Gasteiger partial charge < -0.3 is 14.8 Å². The van der Waals surface area contributed by atoms with Gasteiger partial charge in [0.2, 0.25) is 5.91 Å². The van der Waals surface area contributed by atoms with Crippen molar-refractivity contribution in [2.24, 2.45) is 0 Å². The van der Waals surface area contributed by atoms with Gasteiger partial charge in [0.15, 0.2) is 0 Å². The standard InChI is InChI=1S/C18H18N2O6/c1-2-17(21)19-11-18(22)25-12-13-4-3-5-16(10-13)26-15-8-6-14(7-9-15)20(23)24/h3-10H,2,11-12H2,1H3,(H,19,21). The Morgan fingerprint density at radius 3 is 2.50 bits per heavy atom. The molecule has 0 aliphatic carbocycles. The lowest BCUT2D eigenvalue weighted by Crippen LogP contribution is -2.29. The van der Waals surface area contributed by atoms with E-state index in [1.165, 1.54) is 24.3 Å². The van der Waals surface area contributed by atoms with Crippen LogP contribution in [0.5, 0.6) is 11.5 Å². The zero-order valence-electron chi connectivity index (χ0n) is 14.1. The van der Waals surface area contributed by atoms with Gasteiger partial charge in [0.1, 0.15) is 24.7 Å². The highest BCUT2D eigenvalue weighted by atomic mass is 16.6. The second kappa shape index (κ2) is 9.16. The van der Waals surface area contributed by atoms with E-state index < -0.39 is 10.9 Å². The first-order valence-electron chi connectivity index (χ1n) is 7.91. The van der Waals surface area contributed by atoms with Gasteiger partial charge in [0.05, 0.1) is 4.92 Å². The normalized spacial score (nSPS) is 10.0. The molecular formula is C18H18N2O6. The monoisotopic (exact) mass is 358 g/mol. The number of nitro groups is 1. The molecule has 1 amide bonds. The maximum atomic E-state index is 11.6. The number of nitrogens with zero attached hydrogens (tertiary/aromatic N) is 1. The van der Waals surface area contributed by atoms with Gasteiger partial charge in [-0.25, -0.2) is 0 Å². The molecule has 2 aromatic carbocycles. The molecule has 0 saturated heterocycles. The first kappa shape index (κ1) is 18.9. The Morgan fingerprint density at radius 1 is 1.12 bits per heavy atom. The minimum Gasteiger partial charge on any atom is -0.460 e. The summed E-state index contributed by atoms with van der Waals surface area (Å²) < 4.78 is 10.7. The molecule has 136 valence electrons. The third-order valence-electron chi connectivity index (χ3n) is 3.33. The van der Waals surface area contributed by atoms with Gasteiger partial charge in [-0.1, -0.05) is 19.1 Å². The van der Waals surface area contributed by atoms with Crippen LogP contribution in [-0.4, -0.2) is 23.3 Å². The summed E-state index contributed by atoms with van der Waals surface area (Å²) in [5.41, 5.74) is 0.688. The van der Waals surface area contributed by atoms with Crippen molar-refractivity contribution in [1.82, 2.24) is 5.32 Å². The fourth-order valence-corrected chi connectivity index (χ4v) is 1.98. The Kier molecular flexibility index (Phi) is 6.67. The molecule has 0 unspecified atom stereocenters. The van der Waals surface area contributed by atoms with E-state index in [0.717, 1.165) is 0 Å². The van der Waals surface area contributed by atoms with Crippen LogP contribution < -0.4 is 10.1 Å². The summed E-state index contributed by atoms with van der Waals surface area (Å²) in [5, 5.41) is 13.1. The van der Waals surface area contributed by atoms with E-state index in [9.17, 15) is 19.7 Å². The highest BCUT2D eigenvalue weighted by Gasteiger charge is 2.07. The Balaban J connectivity index is 1.90. The lowest BCUT2D eigenvalue weighted by atomic mass is 10.2. The average molecular weight is 358 g/mol. The molecule has 26 heavy (non-hydrogen) atoms.